The topological polar surface area (TPSA) is 58.4 Å². The van der Waals surface area contributed by atoms with Crippen LogP contribution in [-0.2, 0) is 24.6 Å². The lowest BCUT2D eigenvalue weighted by atomic mass is 10.2. The summed E-state index contributed by atoms with van der Waals surface area (Å²) >= 11 is 0. The summed E-state index contributed by atoms with van der Waals surface area (Å²) in [6, 6.07) is -0.707. The van der Waals surface area contributed by atoms with E-state index in [0.29, 0.717) is 19.4 Å². The van der Waals surface area contributed by atoms with Gasteiger partial charge in [-0.2, -0.15) is 18.3 Å². The average Bonchev–Trinajstić information content (AvgIpc) is 2.84. The number of carbonyl (C=O) groups is 1. The molecule has 1 saturated heterocycles. The molecular formula is C11H14F3N3O2. The van der Waals surface area contributed by atoms with E-state index in [9.17, 15) is 18.0 Å². The third-order valence-corrected chi connectivity index (χ3v) is 3.31. The van der Waals surface area contributed by atoms with Crippen molar-refractivity contribution in [1.29, 1.82) is 0 Å². The molecule has 8 heteroatoms. The van der Waals surface area contributed by atoms with E-state index in [1.807, 2.05) is 0 Å². The van der Waals surface area contributed by atoms with E-state index in [4.69, 9.17) is 5.11 Å². The van der Waals surface area contributed by atoms with Crippen LogP contribution in [0, 0.1) is 0 Å². The van der Waals surface area contributed by atoms with Crippen LogP contribution in [0.2, 0.25) is 0 Å². The molecule has 1 aromatic heterocycles. The van der Waals surface area contributed by atoms with Gasteiger partial charge >= 0.3 is 12.1 Å². The molecule has 1 aliphatic heterocycles. The number of aromatic nitrogens is 2. The van der Waals surface area contributed by atoms with Crippen LogP contribution in [0.3, 0.4) is 0 Å². The van der Waals surface area contributed by atoms with Gasteiger partial charge in [0.25, 0.3) is 0 Å². The normalized spacial score (nSPS) is 20.9. The van der Waals surface area contributed by atoms with Gasteiger partial charge in [-0.1, -0.05) is 0 Å². The van der Waals surface area contributed by atoms with Gasteiger partial charge < -0.3 is 5.11 Å². The first-order valence-corrected chi connectivity index (χ1v) is 5.85. The van der Waals surface area contributed by atoms with Crippen LogP contribution in [-0.4, -0.2) is 38.3 Å². The number of alkyl halides is 3. The highest BCUT2D eigenvalue weighted by atomic mass is 19.4. The molecule has 106 valence electrons. The number of halogens is 3. The fourth-order valence-electron chi connectivity index (χ4n) is 2.48. The predicted molar refractivity (Wildman–Crippen MR) is 59.3 cm³/mol. The standard InChI is InChI=1S/C11H14F3N3O2/c1-16-9(11(12,13)14)7(5-15-16)6-17-4-2-3-8(17)10(18)19/h5,8H,2-4,6H2,1H3,(H,18,19)/t8-/m0/s1. The van der Waals surface area contributed by atoms with E-state index in [0.717, 1.165) is 10.9 Å². The molecule has 0 amide bonds. The number of aryl methyl sites for hydroxylation is 1. The smallest absolute Gasteiger partial charge is 0.433 e. The van der Waals surface area contributed by atoms with Crippen molar-refractivity contribution >= 4 is 5.97 Å². The van der Waals surface area contributed by atoms with Gasteiger partial charge in [0, 0.05) is 19.2 Å². The number of carboxylic acid groups (broad SMARTS) is 1. The molecule has 0 saturated carbocycles. The second kappa shape index (κ2) is 4.84. The maximum atomic E-state index is 12.9. The molecule has 1 aromatic rings. The van der Waals surface area contributed by atoms with Crippen LogP contribution in [0.25, 0.3) is 0 Å². The van der Waals surface area contributed by atoms with Gasteiger partial charge in [0.05, 0.1) is 6.20 Å². The maximum absolute atomic E-state index is 12.9. The maximum Gasteiger partial charge on any atom is 0.433 e. The number of hydrogen-bond acceptors (Lipinski definition) is 3. The lowest BCUT2D eigenvalue weighted by Gasteiger charge is -2.21. The van der Waals surface area contributed by atoms with E-state index in [1.54, 1.807) is 4.90 Å². The van der Waals surface area contributed by atoms with Crippen LogP contribution in [0.4, 0.5) is 13.2 Å². The second-order valence-corrected chi connectivity index (χ2v) is 4.61. The molecule has 2 rings (SSSR count). The van der Waals surface area contributed by atoms with Gasteiger partial charge in [-0.3, -0.25) is 14.4 Å². The van der Waals surface area contributed by atoms with Crippen molar-refractivity contribution < 1.29 is 23.1 Å². The molecule has 1 fully saturated rings. The summed E-state index contributed by atoms with van der Waals surface area (Å²) in [4.78, 5) is 12.6. The van der Waals surface area contributed by atoms with Gasteiger partial charge in [0.15, 0.2) is 0 Å². The van der Waals surface area contributed by atoms with Crippen molar-refractivity contribution in [2.45, 2.75) is 31.6 Å². The summed E-state index contributed by atoms with van der Waals surface area (Å²) in [5.41, 5.74) is -0.799. The molecule has 0 unspecified atom stereocenters. The first kappa shape index (κ1) is 13.9. The highest BCUT2D eigenvalue weighted by Crippen LogP contribution is 2.33. The number of rotatable bonds is 3. The van der Waals surface area contributed by atoms with Crippen LogP contribution >= 0.6 is 0 Å². The highest BCUT2D eigenvalue weighted by molar-refractivity contribution is 5.73. The number of aliphatic carboxylic acids is 1. The third kappa shape index (κ3) is 2.73. The molecule has 0 aromatic carbocycles. The van der Waals surface area contributed by atoms with E-state index in [2.05, 4.69) is 5.10 Å². The Balaban J connectivity index is 2.22. The zero-order valence-corrected chi connectivity index (χ0v) is 10.3. The third-order valence-electron chi connectivity index (χ3n) is 3.31. The van der Waals surface area contributed by atoms with E-state index >= 15 is 0 Å². The minimum atomic E-state index is -4.49. The van der Waals surface area contributed by atoms with Crippen molar-refractivity contribution in [1.82, 2.24) is 14.7 Å². The van der Waals surface area contributed by atoms with Gasteiger partial charge in [0.1, 0.15) is 11.7 Å². The Morgan fingerprint density at radius 2 is 2.26 bits per heavy atom. The number of likely N-dealkylation sites (tertiary alicyclic amines) is 1. The fourth-order valence-corrected chi connectivity index (χ4v) is 2.48. The first-order valence-electron chi connectivity index (χ1n) is 5.85. The van der Waals surface area contributed by atoms with Crippen molar-refractivity contribution in [3.63, 3.8) is 0 Å². The Labute approximate surface area is 107 Å². The molecule has 1 atom stereocenters. The van der Waals surface area contributed by atoms with Gasteiger partial charge in [-0.25, -0.2) is 0 Å². The Morgan fingerprint density at radius 1 is 1.58 bits per heavy atom. The van der Waals surface area contributed by atoms with Crippen LogP contribution < -0.4 is 0 Å². The summed E-state index contributed by atoms with van der Waals surface area (Å²) in [6.07, 6.45) is -2.19. The predicted octanol–water partition coefficient (Wildman–Crippen LogP) is 1.49. The summed E-state index contributed by atoms with van der Waals surface area (Å²) in [5.74, 6) is -0.991. The Morgan fingerprint density at radius 3 is 2.84 bits per heavy atom. The van der Waals surface area contributed by atoms with Crippen LogP contribution in [0.1, 0.15) is 24.1 Å². The summed E-state index contributed by atoms with van der Waals surface area (Å²) in [6.45, 7) is 0.447. The quantitative estimate of drug-likeness (QED) is 0.909. The Bertz CT molecular complexity index is 484. The second-order valence-electron chi connectivity index (χ2n) is 4.61. The Hall–Kier alpha value is -1.57. The van der Waals surface area contributed by atoms with Crippen LogP contribution in [0.15, 0.2) is 6.20 Å². The van der Waals surface area contributed by atoms with E-state index < -0.39 is 23.9 Å². The minimum absolute atomic E-state index is 0.0168. The molecule has 0 spiro atoms. The lowest BCUT2D eigenvalue weighted by Crippen LogP contribution is -2.35. The zero-order chi connectivity index (χ0) is 14.2. The summed E-state index contributed by atoms with van der Waals surface area (Å²) < 4.78 is 39.4. The highest BCUT2D eigenvalue weighted by Gasteiger charge is 2.39. The molecule has 5 nitrogen and oxygen atoms in total. The summed E-state index contributed by atoms with van der Waals surface area (Å²) in [7, 11) is 1.23. The van der Waals surface area contributed by atoms with E-state index in [1.165, 1.54) is 7.05 Å². The SMILES string of the molecule is Cn1ncc(CN2CCC[C@H]2C(=O)O)c1C(F)(F)F. The molecule has 0 bridgehead atoms. The Kier molecular flexibility index (Phi) is 3.53. The monoisotopic (exact) mass is 277 g/mol. The molecule has 2 heterocycles. The average molecular weight is 277 g/mol. The minimum Gasteiger partial charge on any atom is -0.480 e. The van der Waals surface area contributed by atoms with E-state index in [-0.39, 0.29) is 12.1 Å². The van der Waals surface area contributed by atoms with Crippen molar-refractivity contribution in [2.75, 3.05) is 6.54 Å². The molecule has 19 heavy (non-hydrogen) atoms. The summed E-state index contributed by atoms with van der Waals surface area (Å²) in [5, 5.41) is 12.6. The molecule has 1 N–H and O–H groups in total. The molecule has 0 radical (unpaired) electrons. The van der Waals surface area contributed by atoms with Crippen molar-refractivity contribution in [3.8, 4) is 0 Å². The molecule has 1 aliphatic rings. The van der Waals surface area contributed by atoms with Crippen molar-refractivity contribution in [2.24, 2.45) is 7.05 Å². The van der Waals surface area contributed by atoms with Gasteiger partial charge in [-0.05, 0) is 19.4 Å². The lowest BCUT2D eigenvalue weighted by molar-refractivity contribution is -0.144. The number of nitrogens with zero attached hydrogens (tertiary/aromatic N) is 3. The number of carboxylic acids is 1. The molecule has 0 aliphatic carbocycles. The fraction of sp³-hybridized carbons (Fsp3) is 0.636. The van der Waals surface area contributed by atoms with Crippen LogP contribution in [0.5, 0.6) is 0 Å². The molecular weight excluding hydrogens is 263 g/mol. The first-order chi connectivity index (χ1) is 8.80. The largest absolute Gasteiger partial charge is 0.480 e. The van der Waals surface area contributed by atoms with Crippen molar-refractivity contribution in [3.05, 3.63) is 17.5 Å². The van der Waals surface area contributed by atoms with Gasteiger partial charge in [0.2, 0.25) is 0 Å². The number of hydrogen-bond donors (Lipinski definition) is 1. The zero-order valence-electron chi connectivity index (χ0n) is 10.3. The van der Waals surface area contributed by atoms with Gasteiger partial charge in [-0.15, -0.1) is 0 Å².